The summed E-state index contributed by atoms with van der Waals surface area (Å²) in [7, 11) is 0. The Kier molecular flexibility index (Phi) is 4.82. The van der Waals surface area contributed by atoms with Crippen LogP contribution in [0.4, 0.5) is 0 Å². The molecule has 1 unspecified atom stereocenters. The maximum atomic E-state index is 11.5. The molecule has 0 saturated heterocycles. The summed E-state index contributed by atoms with van der Waals surface area (Å²) in [6, 6.07) is 10.3. The molecule has 1 atom stereocenters. The minimum atomic E-state index is -0.722. The molecule has 2 rings (SSSR count). The van der Waals surface area contributed by atoms with E-state index < -0.39 is 12.0 Å². The van der Waals surface area contributed by atoms with Crippen molar-refractivity contribution in [3.63, 3.8) is 0 Å². The second-order valence-electron chi connectivity index (χ2n) is 4.31. The average molecular weight is 294 g/mol. The third-order valence-electron chi connectivity index (χ3n) is 2.81. The second-order valence-corrected chi connectivity index (χ2v) is 4.72. The third-order valence-corrected chi connectivity index (χ3v) is 3.14. The van der Waals surface area contributed by atoms with Gasteiger partial charge in [-0.05, 0) is 31.2 Å². The van der Waals surface area contributed by atoms with Gasteiger partial charge in [-0.25, -0.2) is 0 Å². The molecule has 5 heteroatoms. The Hall–Kier alpha value is -1.78. The van der Waals surface area contributed by atoms with Crippen LogP contribution in [0.2, 0.25) is 5.02 Å². The van der Waals surface area contributed by atoms with E-state index in [4.69, 9.17) is 26.5 Å². The van der Waals surface area contributed by atoms with Gasteiger partial charge in [0, 0.05) is 12.0 Å². The van der Waals surface area contributed by atoms with E-state index in [2.05, 4.69) is 0 Å². The van der Waals surface area contributed by atoms with Crippen molar-refractivity contribution in [3.05, 3.63) is 47.2 Å². The lowest BCUT2D eigenvalue weighted by Crippen LogP contribution is -2.34. The Morgan fingerprint density at radius 3 is 2.80 bits per heavy atom. The molecule has 0 amide bonds. The van der Waals surface area contributed by atoms with Gasteiger partial charge in [0.15, 0.2) is 0 Å². The summed E-state index contributed by atoms with van der Waals surface area (Å²) < 4.78 is 10.5. The highest BCUT2D eigenvalue weighted by Gasteiger charge is 2.17. The number of hydrogen-bond acceptors (Lipinski definition) is 4. The lowest BCUT2D eigenvalue weighted by molar-refractivity contribution is -0.144. The van der Waals surface area contributed by atoms with Gasteiger partial charge in [-0.15, -0.1) is 0 Å². The summed E-state index contributed by atoms with van der Waals surface area (Å²) in [6.07, 6.45) is 0.295. The molecule has 2 N–H and O–H groups in total. The van der Waals surface area contributed by atoms with Crippen LogP contribution >= 0.6 is 11.6 Å². The summed E-state index contributed by atoms with van der Waals surface area (Å²) in [6.45, 7) is 2.06. The molecule has 1 aromatic carbocycles. The van der Waals surface area contributed by atoms with Gasteiger partial charge in [0.25, 0.3) is 0 Å². The second kappa shape index (κ2) is 6.59. The van der Waals surface area contributed by atoms with Gasteiger partial charge in [-0.1, -0.05) is 23.7 Å². The maximum Gasteiger partial charge on any atom is 0.323 e. The lowest BCUT2D eigenvalue weighted by atomic mass is 10.1. The summed E-state index contributed by atoms with van der Waals surface area (Å²) in [5.41, 5.74) is 6.56. The predicted molar refractivity (Wildman–Crippen MR) is 77.5 cm³/mol. The summed E-state index contributed by atoms with van der Waals surface area (Å²) in [4.78, 5) is 11.5. The smallest absolute Gasteiger partial charge is 0.323 e. The largest absolute Gasteiger partial charge is 0.465 e. The normalized spacial score (nSPS) is 12.2. The molecule has 0 radical (unpaired) electrons. The number of carbonyl (C=O) groups excluding carboxylic acids is 1. The number of furan rings is 1. The fraction of sp³-hybridized carbons (Fsp3) is 0.267. The van der Waals surface area contributed by atoms with Gasteiger partial charge in [0.1, 0.15) is 17.6 Å². The van der Waals surface area contributed by atoms with Gasteiger partial charge in [0.2, 0.25) is 0 Å². The van der Waals surface area contributed by atoms with E-state index in [0.717, 1.165) is 5.56 Å². The monoisotopic (exact) mass is 293 g/mol. The average Bonchev–Trinajstić information content (AvgIpc) is 2.87. The molecule has 0 aliphatic carbocycles. The molecule has 106 valence electrons. The molecule has 0 aliphatic heterocycles. The van der Waals surface area contributed by atoms with Crippen LogP contribution in [0.5, 0.6) is 0 Å². The number of hydrogen-bond donors (Lipinski definition) is 1. The Morgan fingerprint density at radius 1 is 1.35 bits per heavy atom. The van der Waals surface area contributed by atoms with Crippen LogP contribution in [0.25, 0.3) is 11.3 Å². The van der Waals surface area contributed by atoms with Crippen LogP contribution in [0.1, 0.15) is 12.7 Å². The van der Waals surface area contributed by atoms with Crippen LogP contribution < -0.4 is 5.73 Å². The molecular weight excluding hydrogens is 278 g/mol. The fourth-order valence-electron chi connectivity index (χ4n) is 1.84. The SMILES string of the molecule is CCOC(=O)C(N)Cc1ccc(-c2ccccc2Cl)o1. The molecule has 0 aliphatic rings. The first-order chi connectivity index (χ1) is 9.61. The van der Waals surface area contributed by atoms with E-state index in [1.165, 1.54) is 0 Å². The van der Waals surface area contributed by atoms with Crippen molar-refractivity contribution >= 4 is 17.6 Å². The standard InChI is InChI=1S/C15H16ClNO3/c1-2-19-15(18)13(17)9-10-7-8-14(20-10)11-5-3-4-6-12(11)16/h3-8,13H,2,9,17H2,1H3. The van der Waals surface area contributed by atoms with Gasteiger partial charge < -0.3 is 14.9 Å². The van der Waals surface area contributed by atoms with E-state index in [9.17, 15) is 4.79 Å². The molecule has 0 fully saturated rings. The minimum Gasteiger partial charge on any atom is -0.465 e. The van der Waals surface area contributed by atoms with Crippen molar-refractivity contribution in [1.82, 2.24) is 0 Å². The molecule has 0 bridgehead atoms. The number of rotatable bonds is 5. The third kappa shape index (κ3) is 3.40. The molecule has 2 aromatic rings. The Bertz CT molecular complexity index is 594. The van der Waals surface area contributed by atoms with Crippen molar-refractivity contribution in [2.45, 2.75) is 19.4 Å². The van der Waals surface area contributed by atoms with Crippen LogP contribution in [0, 0.1) is 0 Å². The lowest BCUT2D eigenvalue weighted by Gasteiger charge is -2.08. The predicted octanol–water partition coefficient (Wildman–Crippen LogP) is 3.03. The number of benzene rings is 1. The number of carbonyl (C=O) groups is 1. The van der Waals surface area contributed by atoms with Crippen molar-refractivity contribution in [2.75, 3.05) is 6.61 Å². The van der Waals surface area contributed by atoms with Gasteiger partial charge in [-0.3, -0.25) is 4.79 Å². The number of esters is 1. The zero-order valence-electron chi connectivity index (χ0n) is 11.1. The maximum absolute atomic E-state index is 11.5. The van der Waals surface area contributed by atoms with Crippen molar-refractivity contribution < 1.29 is 13.9 Å². The first-order valence-corrected chi connectivity index (χ1v) is 6.75. The molecule has 4 nitrogen and oxygen atoms in total. The zero-order valence-corrected chi connectivity index (χ0v) is 11.9. The first kappa shape index (κ1) is 14.6. The van der Waals surface area contributed by atoms with Gasteiger partial charge in [-0.2, -0.15) is 0 Å². The van der Waals surface area contributed by atoms with E-state index in [0.29, 0.717) is 29.6 Å². The van der Waals surface area contributed by atoms with E-state index in [1.54, 1.807) is 19.1 Å². The number of ether oxygens (including phenoxy) is 1. The van der Waals surface area contributed by atoms with Crippen molar-refractivity contribution in [1.29, 1.82) is 0 Å². The highest BCUT2D eigenvalue weighted by atomic mass is 35.5. The highest BCUT2D eigenvalue weighted by molar-refractivity contribution is 6.33. The van der Waals surface area contributed by atoms with Crippen LogP contribution in [0.3, 0.4) is 0 Å². The Morgan fingerprint density at radius 2 is 2.10 bits per heavy atom. The van der Waals surface area contributed by atoms with Crippen LogP contribution in [-0.4, -0.2) is 18.6 Å². The van der Waals surface area contributed by atoms with E-state index in [-0.39, 0.29) is 0 Å². The van der Waals surface area contributed by atoms with Crippen molar-refractivity contribution in [3.8, 4) is 11.3 Å². The molecule has 0 spiro atoms. The van der Waals surface area contributed by atoms with E-state index in [1.807, 2.05) is 24.3 Å². The summed E-state index contributed by atoms with van der Waals surface area (Å²) >= 11 is 6.11. The quantitative estimate of drug-likeness (QED) is 0.861. The summed E-state index contributed by atoms with van der Waals surface area (Å²) in [5, 5.41) is 0.614. The van der Waals surface area contributed by atoms with Gasteiger partial charge >= 0.3 is 5.97 Å². The van der Waals surface area contributed by atoms with Crippen LogP contribution in [0.15, 0.2) is 40.8 Å². The van der Waals surface area contributed by atoms with Crippen molar-refractivity contribution in [2.24, 2.45) is 5.73 Å². The number of halogens is 1. The van der Waals surface area contributed by atoms with Crippen LogP contribution in [-0.2, 0) is 16.0 Å². The zero-order chi connectivity index (χ0) is 14.5. The fourth-order valence-corrected chi connectivity index (χ4v) is 2.07. The molecule has 20 heavy (non-hydrogen) atoms. The topological polar surface area (TPSA) is 65.5 Å². The molecule has 1 heterocycles. The Labute approximate surface area is 122 Å². The number of nitrogens with two attached hydrogens (primary N) is 1. The van der Waals surface area contributed by atoms with Gasteiger partial charge in [0.05, 0.1) is 11.6 Å². The Balaban J connectivity index is 2.10. The summed E-state index contributed by atoms with van der Waals surface area (Å²) in [5.74, 6) is 0.852. The molecule has 0 saturated carbocycles. The highest BCUT2D eigenvalue weighted by Crippen LogP contribution is 2.29. The first-order valence-electron chi connectivity index (χ1n) is 6.37. The minimum absolute atomic E-state index is 0.295. The van der Waals surface area contributed by atoms with E-state index >= 15 is 0 Å². The molecular formula is C15H16ClNO3. The molecule has 1 aromatic heterocycles.